The number of amides is 2. The highest BCUT2D eigenvalue weighted by molar-refractivity contribution is 5.84. The summed E-state index contributed by atoms with van der Waals surface area (Å²) in [6.07, 6.45) is -0.941. The molecule has 0 spiro atoms. The van der Waals surface area contributed by atoms with Crippen LogP contribution in [0.3, 0.4) is 0 Å². The van der Waals surface area contributed by atoms with E-state index in [0.717, 1.165) is 31.4 Å². The largest absolute Gasteiger partial charge is 0.416 e. The molecule has 7 heteroatoms. The van der Waals surface area contributed by atoms with E-state index in [4.69, 9.17) is 0 Å². The summed E-state index contributed by atoms with van der Waals surface area (Å²) in [6, 6.07) is 4.86. The van der Waals surface area contributed by atoms with Crippen LogP contribution < -0.4 is 5.32 Å². The molecule has 2 aliphatic rings. The molecule has 3 rings (SSSR count). The standard InChI is InChI=1S/C21H27F3N2O2/c1-3-13(2)25-19(27)16-9-10-18(26(12-16)20(28)14-7-8-14)15-5-4-6-17(11-15)21(22,23)24/h4-6,11,13-14,16,18H,3,7-10,12H2,1-2H3,(H,25,27)/t13-,16-,18+/m0/s1. The summed E-state index contributed by atoms with van der Waals surface area (Å²) in [5.74, 6) is -0.489. The van der Waals surface area contributed by atoms with Gasteiger partial charge in [-0.1, -0.05) is 19.1 Å². The molecule has 1 aliphatic heterocycles. The lowest BCUT2D eigenvalue weighted by atomic mass is 9.87. The van der Waals surface area contributed by atoms with Crippen LogP contribution in [0, 0.1) is 11.8 Å². The first-order valence-electron chi connectivity index (χ1n) is 9.98. The van der Waals surface area contributed by atoms with E-state index in [-0.39, 0.29) is 36.2 Å². The highest BCUT2D eigenvalue weighted by Gasteiger charge is 2.42. The molecule has 2 amide bonds. The molecule has 0 unspecified atom stereocenters. The van der Waals surface area contributed by atoms with Gasteiger partial charge >= 0.3 is 6.18 Å². The smallest absolute Gasteiger partial charge is 0.353 e. The molecule has 1 aromatic rings. The number of carbonyl (C=O) groups excluding carboxylic acids is 2. The number of likely N-dealkylation sites (tertiary alicyclic amines) is 1. The zero-order valence-electron chi connectivity index (χ0n) is 16.3. The maximum Gasteiger partial charge on any atom is 0.416 e. The zero-order chi connectivity index (χ0) is 20.5. The maximum absolute atomic E-state index is 13.1. The third kappa shape index (κ3) is 4.67. The Labute approximate surface area is 163 Å². The minimum atomic E-state index is -4.42. The van der Waals surface area contributed by atoms with Crippen LogP contribution >= 0.6 is 0 Å². The Morgan fingerprint density at radius 1 is 1.18 bits per heavy atom. The molecule has 1 aromatic carbocycles. The summed E-state index contributed by atoms with van der Waals surface area (Å²) >= 11 is 0. The summed E-state index contributed by atoms with van der Waals surface area (Å²) in [4.78, 5) is 27.0. The molecule has 3 atom stereocenters. The molecule has 154 valence electrons. The lowest BCUT2D eigenvalue weighted by Crippen LogP contribution is -2.48. The van der Waals surface area contributed by atoms with Crippen LogP contribution in [0.25, 0.3) is 0 Å². The van der Waals surface area contributed by atoms with Gasteiger partial charge in [0.25, 0.3) is 0 Å². The lowest BCUT2D eigenvalue weighted by molar-refractivity contribution is -0.140. The van der Waals surface area contributed by atoms with E-state index in [0.29, 0.717) is 18.4 Å². The fraction of sp³-hybridized carbons (Fsp3) is 0.619. The highest BCUT2D eigenvalue weighted by Crippen LogP contribution is 2.40. The van der Waals surface area contributed by atoms with Gasteiger partial charge in [0.15, 0.2) is 0 Å². The van der Waals surface area contributed by atoms with Crippen molar-refractivity contribution in [3.8, 4) is 0 Å². The van der Waals surface area contributed by atoms with Crippen LogP contribution in [0.15, 0.2) is 24.3 Å². The van der Waals surface area contributed by atoms with Crippen LogP contribution in [-0.2, 0) is 15.8 Å². The van der Waals surface area contributed by atoms with E-state index in [1.54, 1.807) is 11.0 Å². The van der Waals surface area contributed by atoms with Gasteiger partial charge in [-0.05, 0) is 56.7 Å². The molecular weight excluding hydrogens is 369 g/mol. The molecule has 0 bridgehead atoms. The van der Waals surface area contributed by atoms with Crippen molar-refractivity contribution in [3.63, 3.8) is 0 Å². The Kier molecular flexibility index (Phi) is 6.01. The first-order valence-corrected chi connectivity index (χ1v) is 9.98. The summed E-state index contributed by atoms with van der Waals surface area (Å²) in [7, 11) is 0. The molecule has 2 fully saturated rings. The van der Waals surface area contributed by atoms with Crippen LogP contribution in [0.4, 0.5) is 13.2 Å². The molecule has 28 heavy (non-hydrogen) atoms. The number of nitrogens with zero attached hydrogens (tertiary/aromatic N) is 1. The van der Waals surface area contributed by atoms with Gasteiger partial charge in [0, 0.05) is 18.5 Å². The van der Waals surface area contributed by atoms with E-state index in [1.807, 2.05) is 13.8 Å². The molecule has 1 heterocycles. The van der Waals surface area contributed by atoms with E-state index in [2.05, 4.69) is 5.32 Å². The normalized spacial score (nSPS) is 24.0. The van der Waals surface area contributed by atoms with Gasteiger partial charge in [0.2, 0.25) is 11.8 Å². The number of halogens is 3. The van der Waals surface area contributed by atoms with E-state index in [1.165, 1.54) is 6.07 Å². The van der Waals surface area contributed by atoms with Gasteiger partial charge in [0.05, 0.1) is 17.5 Å². The van der Waals surface area contributed by atoms with Crippen molar-refractivity contribution in [3.05, 3.63) is 35.4 Å². The van der Waals surface area contributed by atoms with Crippen molar-refractivity contribution in [2.75, 3.05) is 6.54 Å². The van der Waals surface area contributed by atoms with Crippen LogP contribution in [0.2, 0.25) is 0 Å². The molecule has 4 nitrogen and oxygen atoms in total. The predicted molar refractivity (Wildman–Crippen MR) is 99.2 cm³/mol. The van der Waals surface area contributed by atoms with Crippen molar-refractivity contribution in [1.29, 1.82) is 0 Å². The second-order valence-corrected chi connectivity index (χ2v) is 8.00. The molecule has 1 saturated carbocycles. The third-order valence-electron chi connectivity index (χ3n) is 5.76. The number of alkyl halides is 3. The third-order valence-corrected chi connectivity index (χ3v) is 5.76. The predicted octanol–water partition coefficient (Wildman–Crippen LogP) is 4.31. The van der Waals surface area contributed by atoms with Crippen molar-refractivity contribution in [2.24, 2.45) is 11.8 Å². The average molecular weight is 396 g/mol. The van der Waals surface area contributed by atoms with Crippen molar-refractivity contribution in [2.45, 2.75) is 64.2 Å². The quantitative estimate of drug-likeness (QED) is 0.806. The zero-order valence-corrected chi connectivity index (χ0v) is 16.3. The SMILES string of the molecule is CC[C@H](C)NC(=O)[C@H]1CC[C@H](c2cccc(C(F)(F)F)c2)N(C(=O)C2CC2)C1. The van der Waals surface area contributed by atoms with Gasteiger partial charge in [0.1, 0.15) is 0 Å². The van der Waals surface area contributed by atoms with Crippen molar-refractivity contribution < 1.29 is 22.8 Å². The van der Waals surface area contributed by atoms with Gasteiger partial charge in [-0.15, -0.1) is 0 Å². The van der Waals surface area contributed by atoms with Crippen LogP contribution in [0.5, 0.6) is 0 Å². The number of benzene rings is 1. The Hall–Kier alpha value is -2.05. The summed E-state index contributed by atoms with van der Waals surface area (Å²) in [5.41, 5.74) is -0.218. The fourth-order valence-corrected chi connectivity index (χ4v) is 3.72. The number of nitrogens with one attached hydrogen (secondary N) is 1. The molecule has 1 saturated heterocycles. The Balaban J connectivity index is 1.81. The van der Waals surface area contributed by atoms with Gasteiger partial charge in [-0.2, -0.15) is 13.2 Å². The fourth-order valence-electron chi connectivity index (χ4n) is 3.72. The Bertz CT molecular complexity index is 731. The van der Waals surface area contributed by atoms with Gasteiger partial charge in [-0.25, -0.2) is 0 Å². The first-order chi connectivity index (χ1) is 13.2. The second kappa shape index (κ2) is 8.13. The van der Waals surface area contributed by atoms with E-state index >= 15 is 0 Å². The Morgan fingerprint density at radius 3 is 2.46 bits per heavy atom. The minimum Gasteiger partial charge on any atom is -0.353 e. The van der Waals surface area contributed by atoms with E-state index in [9.17, 15) is 22.8 Å². The monoisotopic (exact) mass is 396 g/mol. The van der Waals surface area contributed by atoms with Crippen LogP contribution in [0.1, 0.15) is 63.1 Å². The first kappa shape index (κ1) is 20.7. The second-order valence-electron chi connectivity index (χ2n) is 8.00. The van der Waals surface area contributed by atoms with E-state index < -0.39 is 17.8 Å². The molecule has 1 N–H and O–H groups in total. The minimum absolute atomic E-state index is 0.0385. The van der Waals surface area contributed by atoms with Gasteiger partial charge in [-0.3, -0.25) is 9.59 Å². The summed E-state index contributed by atoms with van der Waals surface area (Å²) < 4.78 is 39.4. The molecule has 0 aromatic heterocycles. The highest BCUT2D eigenvalue weighted by atomic mass is 19.4. The molecule has 0 radical (unpaired) electrons. The Morgan fingerprint density at radius 2 is 1.86 bits per heavy atom. The molecule has 1 aliphatic carbocycles. The summed E-state index contributed by atoms with van der Waals surface area (Å²) in [6.45, 7) is 4.18. The lowest BCUT2D eigenvalue weighted by Gasteiger charge is -2.40. The van der Waals surface area contributed by atoms with Crippen molar-refractivity contribution in [1.82, 2.24) is 10.2 Å². The van der Waals surface area contributed by atoms with Crippen molar-refractivity contribution >= 4 is 11.8 Å². The molecular formula is C21H27F3N2O2. The van der Waals surface area contributed by atoms with Crippen LogP contribution in [-0.4, -0.2) is 29.3 Å². The average Bonchev–Trinajstić information content (AvgIpc) is 3.51. The number of rotatable bonds is 5. The number of carbonyl (C=O) groups is 2. The maximum atomic E-state index is 13.1. The number of piperidine rings is 1. The summed E-state index contributed by atoms with van der Waals surface area (Å²) in [5, 5.41) is 2.96. The number of hydrogen-bond donors (Lipinski definition) is 1. The van der Waals surface area contributed by atoms with Gasteiger partial charge < -0.3 is 10.2 Å². The number of hydrogen-bond acceptors (Lipinski definition) is 2. The topological polar surface area (TPSA) is 49.4 Å².